The molecule has 0 atom stereocenters. The summed E-state index contributed by atoms with van der Waals surface area (Å²) in [7, 11) is 0. The molecule has 164 valence electrons. The molecule has 4 rings (SSSR count). The predicted molar refractivity (Wildman–Crippen MR) is 128 cm³/mol. The van der Waals surface area contributed by atoms with Gasteiger partial charge in [-0.3, -0.25) is 9.78 Å². The third-order valence-corrected chi connectivity index (χ3v) is 5.91. The molecule has 0 aliphatic heterocycles. The van der Waals surface area contributed by atoms with Crippen LogP contribution in [0.1, 0.15) is 55.5 Å². The quantitative estimate of drug-likeness (QED) is 0.253. The number of ether oxygens (including phenoxy) is 1. The Hall–Kier alpha value is -3.18. The second-order valence-corrected chi connectivity index (χ2v) is 8.55. The Morgan fingerprint density at radius 1 is 1.16 bits per heavy atom. The number of pyridine rings is 1. The minimum absolute atomic E-state index is 0.217. The highest BCUT2D eigenvalue weighted by Gasteiger charge is 2.20. The highest BCUT2D eigenvalue weighted by Crippen LogP contribution is 2.37. The third-order valence-electron chi connectivity index (χ3n) is 5.61. The average molecular weight is 448 g/mol. The van der Waals surface area contributed by atoms with E-state index >= 15 is 0 Å². The van der Waals surface area contributed by atoms with Crippen molar-refractivity contribution in [3.05, 3.63) is 82.3 Å². The monoisotopic (exact) mass is 447 g/mol. The smallest absolute Gasteiger partial charge is 0.310 e. The van der Waals surface area contributed by atoms with E-state index in [4.69, 9.17) is 21.3 Å². The number of halogens is 1. The highest BCUT2D eigenvalue weighted by molar-refractivity contribution is 6.35. The molecular formula is C26H26ClN3O2. The van der Waals surface area contributed by atoms with Gasteiger partial charge in [0.05, 0.1) is 16.2 Å². The minimum Gasteiger partial charge on any atom is -0.426 e. The van der Waals surface area contributed by atoms with Crippen molar-refractivity contribution in [2.24, 2.45) is 0 Å². The SMILES string of the molecule is CCC(=O)Oc1ccc(Cl)c2nc(C(C)C)c(Cc3ccc(-n4cccn4)cc3)c(C)c12. The summed E-state index contributed by atoms with van der Waals surface area (Å²) < 4.78 is 7.46. The summed E-state index contributed by atoms with van der Waals surface area (Å²) in [5.74, 6) is 0.443. The maximum absolute atomic E-state index is 12.0. The molecule has 0 radical (unpaired) electrons. The molecule has 0 spiro atoms. The Bertz CT molecular complexity index is 1260. The van der Waals surface area contributed by atoms with Gasteiger partial charge in [0.2, 0.25) is 0 Å². The van der Waals surface area contributed by atoms with E-state index in [2.05, 4.69) is 50.1 Å². The fraction of sp³-hybridized carbons (Fsp3) is 0.269. The molecule has 6 heteroatoms. The van der Waals surface area contributed by atoms with E-state index in [0.29, 0.717) is 22.7 Å². The first-order chi connectivity index (χ1) is 15.4. The lowest BCUT2D eigenvalue weighted by Crippen LogP contribution is -2.09. The molecule has 0 saturated carbocycles. The van der Waals surface area contributed by atoms with Gasteiger partial charge in [-0.1, -0.05) is 44.5 Å². The van der Waals surface area contributed by atoms with E-state index in [1.807, 2.05) is 16.9 Å². The lowest BCUT2D eigenvalue weighted by molar-refractivity contribution is -0.133. The van der Waals surface area contributed by atoms with Crippen molar-refractivity contribution in [1.29, 1.82) is 0 Å². The number of carbonyl (C=O) groups excluding carboxylic acids is 1. The molecule has 2 heterocycles. The van der Waals surface area contributed by atoms with E-state index < -0.39 is 0 Å². The molecule has 2 aromatic heterocycles. The molecular weight excluding hydrogens is 422 g/mol. The Morgan fingerprint density at radius 2 is 1.91 bits per heavy atom. The van der Waals surface area contributed by atoms with Gasteiger partial charge in [-0.15, -0.1) is 0 Å². The van der Waals surface area contributed by atoms with Crippen molar-refractivity contribution in [1.82, 2.24) is 14.8 Å². The molecule has 0 bridgehead atoms. The van der Waals surface area contributed by atoms with Gasteiger partial charge in [-0.2, -0.15) is 5.10 Å². The number of aromatic nitrogens is 3. The molecule has 0 amide bonds. The number of hydrogen-bond donors (Lipinski definition) is 0. The molecule has 2 aromatic carbocycles. The van der Waals surface area contributed by atoms with E-state index in [-0.39, 0.29) is 11.9 Å². The first kappa shape index (κ1) is 22.0. The molecule has 0 saturated heterocycles. The topological polar surface area (TPSA) is 57.0 Å². The fourth-order valence-corrected chi connectivity index (χ4v) is 4.12. The van der Waals surface area contributed by atoms with Gasteiger partial charge in [-0.05, 0) is 66.3 Å². The number of benzene rings is 2. The molecule has 5 nitrogen and oxygen atoms in total. The van der Waals surface area contributed by atoms with Gasteiger partial charge in [-0.25, -0.2) is 4.68 Å². The molecule has 4 aromatic rings. The van der Waals surface area contributed by atoms with Crippen LogP contribution in [0.3, 0.4) is 0 Å². The van der Waals surface area contributed by atoms with Crippen LogP contribution >= 0.6 is 11.6 Å². The number of aryl methyl sites for hydroxylation is 1. The van der Waals surface area contributed by atoms with Gasteiger partial charge in [0, 0.05) is 29.9 Å². The van der Waals surface area contributed by atoms with Crippen molar-refractivity contribution in [3.63, 3.8) is 0 Å². The minimum atomic E-state index is -0.281. The van der Waals surface area contributed by atoms with Crippen molar-refractivity contribution >= 4 is 28.5 Å². The van der Waals surface area contributed by atoms with E-state index in [9.17, 15) is 4.79 Å². The van der Waals surface area contributed by atoms with Crippen LogP contribution in [0.2, 0.25) is 5.02 Å². The maximum atomic E-state index is 12.0. The molecule has 32 heavy (non-hydrogen) atoms. The number of rotatable bonds is 6. The van der Waals surface area contributed by atoms with Crippen LogP contribution in [0.15, 0.2) is 54.9 Å². The second kappa shape index (κ2) is 9.13. The average Bonchev–Trinajstić information content (AvgIpc) is 3.32. The zero-order chi connectivity index (χ0) is 22.8. The highest BCUT2D eigenvalue weighted by atomic mass is 35.5. The summed E-state index contributed by atoms with van der Waals surface area (Å²) >= 11 is 6.52. The molecule has 0 aliphatic rings. The summed E-state index contributed by atoms with van der Waals surface area (Å²) in [6.45, 7) is 8.10. The maximum Gasteiger partial charge on any atom is 0.310 e. The van der Waals surface area contributed by atoms with Crippen LogP contribution in [-0.4, -0.2) is 20.7 Å². The standard InChI is InChI=1S/C26H26ClN3O2/c1-5-23(31)32-22-12-11-21(27)26-24(22)17(4)20(25(29-26)16(2)3)15-18-7-9-19(10-8-18)30-14-6-13-28-30/h6-14,16H,5,15H2,1-4H3. The number of nitrogens with zero attached hydrogens (tertiary/aromatic N) is 3. The summed E-state index contributed by atoms with van der Waals surface area (Å²) in [6, 6.07) is 13.7. The Labute approximate surface area is 193 Å². The van der Waals surface area contributed by atoms with Crippen molar-refractivity contribution < 1.29 is 9.53 Å². The largest absolute Gasteiger partial charge is 0.426 e. The number of fused-ring (bicyclic) bond motifs is 1. The summed E-state index contributed by atoms with van der Waals surface area (Å²) in [6.07, 6.45) is 4.71. The van der Waals surface area contributed by atoms with Crippen molar-refractivity contribution in [2.75, 3.05) is 0 Å². The second-order valence-electron chi connectivity index (χ2n) is 8.15. The summed E-state index contributed by atoms with van der Waals surface area (Å²) in [4.78, 5) is 17.0. The lowest BCUT2D eigenvalue weighted by Gasteiger charge is -2.19. The van der Waals surface area contributed by atoms with E-state index in [0.717, 1.165) is 34.3 Å². The van der Waals surface area contributed by atoms with Crippen LogP contribution in [-0.2, 0) is 11.2 Å². The fourth-order valence-electron chi connectivity index (χ4n) is 3.92. The molecule has 0 aliphatic carbocycles. The third kappa shape index (κ3) is 4.26. The van der Waals surface area contributed by atoms with Gasteiger partial charge >= 0.3 is 5.97 Å². The zero-order valence-corrected chi connectivity index (χ0v) is 19.5. The summed E-state index contributed by atoms with van der Waals surface area (Å²) in [5.41, 5.74) is 6.03. The van der Waals surface area contributed by atoms with Crippen LogP contribution < -0.4 is 4.74 Å². The van der Waals surface area contributed by atoms with Crippen molar-refractivity contribution in [2.45, 2.75) is 46.5 Å². The van der Waals surface area contributed by atoms with E-state index in [1.54, 1.807) is 25.3 Å². The molecule has 0 fully saturated rings. The van der Waals surface area contributed by atoms with Crippen LogP contribution in [0.5, 0.6) is 5.75 Å². The van der Waals surface area contributed by atoms with Crippen molar-refractivity contribution in [3.8, 4) is 11.4 Å². The lowest BCUT2D eigenvalue weighted by atomic mass is 9.91. The normalized spacial score (nSPS) is 11.3. The van der Waals surface area contributed by atoms with Gasteiger partial charge in [0.15, 0.2) is 0 Å². The zero-order valence-electron chi connectivity index (χ0n) is 18.7. The number of carbonyl (C=O) groups is 1. The Kier molecular flexibility index (Phi) is 6.28. The van der Waals surface area contributed by atoms with Crippen LogP contribution in [0.4, 0.5) is 0 Å². The Balaban J connectivity index is 1.82. The van der Waals surface area contributed by atoms with Crippen LogP contribution in [0, 0.1) is 6.92 Å². The molecule has 0 N–H and O–H groups in total. The van der Waals surface area contributed by atoms with Gasteiger partial charge in [0.25, 0.3) is 0 Å². The first-order valence-corrected chi connectivity index (χ1v) is 11.2. The molecule has 0 unspecified atom stereocenters. The first-order valence-electron chi connectivity index (χ1n) is 10.8. The summed E-state index contributed by atoms with van der Waals surface area (Å²) in [5, 5.41) is 5.64. The van der Waals surface area contributed by atoms with Gasteiger partial charge in [0.1, 0.15) is 5.75 Å². The number of esters is 1. The Morgan fingerprint density at radius 3 is 2.53 bits per heavy atom. The number of hydrogen-bond acceptors (Lipinski definition) is 4. The predicted octanol–water partition coefficient (Wildman–Crippen LogP) is 6.41. The van der Waals surface area contributed by atoms with Gasteiger partial charge < -0.3 is 4.74 Å². The van der Waals surface area contributed by atoms with Crippen LogP contribution in [0.25, 0.3) is 16.6 Å². The van der Waals surface area contributed by atoms with E-state index in [1.165, 1.54) is 5.56 Å².